The molecule has 6 nitrogen and oxygen atoms in total. The predicted octanol–water partition coefficient (Wildman–Crippen LogP) is 2.26. The van der Waals surface area contributed by atoms with E-state index in [1.807, 2.05) is 13.1 Å². The Balaban J connectivity index is 3.19. The van der Waals surface area contributed by atoms with Gasteiger partial charge in [-0.25, -0.2) is 14.4 Å². The fourth-order valence-corrected chi connectivity index (χ4v) is 2.64. The van der Waals surface area contributed by atoms with Crippen LogP contribution in [0.15, 0.2) is 30.9 Å². The third kappa shape index (κ3) is 4.53. The maximum absolute atomic E-state index is 12.2. The molecule has 0 amide bonds. The van der Waals surface area contributed by atoms with Gasteiger partial charge in [0.1, 0.15) is 5.73 Å². The molecule has 0 N–H and O–H groups in total. The lowest BCUT2D eigenvalue weighted by Gasteiger charge is -2.17. The molecule has 0 spiro atoms. The summed E-state index contributed by atoms with van der Waals surface area (Å²) in [5.41, 5.74) is -0.239. The first-order valence-electron chi connectivity index (χ1n) is 6.80. The van der Waals surface area contributed by atoms with Crippen LogP contribution < -0.4 is 0 Å². The van der Waals surface area contributed by atoms with Gasteiger partial charge in [-0.1, -0.05) is 25.7 Å². The number of carbonyl (C=O) groups excluding carboxylic acids is 3. The number of rotatable bonds is 6. The zero-order valence-electron chi connectivity index (χ0n) is 13.5. The van der Waals surface area contributed by atoms with Crippen molar-refractivity contribution in [2.45, 2.75) is 18.8 Å². The van der Waals surface area contributed by atoms with Crippen molar-refractivity contribution in [3.05, 3.63) is 47.5 Å². The highest BCUT2D eigenvalue weighted by Gasteiger charge is 2.23. The highest BCUT2D eigenvalue weighted by Crippen LogP contribution is 2.16. The molecule has 1 unspecified atom stereocenters. The summed E-state index contributed by atoms with van der Waals surface area (Å²) in [6, 6.07) is 4.00. The Morgan fingerprint density at radius 1 is 1.04 bits per heavy atom. The molecule has 1 atom stereocenters. The number of methoxy groups -OCH3 is 2. The molecule has 0 fully saturated rings. The van der Waals surface area contributed by atoms with Crippen molar-refractivity contribution in [3.63, 3.8) is 0 Å². The Morgan fingerprint density at radius 2 is 1.61 bits per heavy atom. The van der Waals surface area contributed by atoms with Crippen molar-refractivity contribution in [1.82, 2.24) is 0 Å². The van der Waals surface area contributed by atoms with E-state index >= 15 is 0 Å². The van der Waals surface area contributed by atoms with E-state index in [1.165, 1.54) is 32.4 Å². The van der Waals surface area contributed by atoms with Crippen molar-refractivity contribution in [3.8, 4) is 0 Å². The Morgan fingerprint density at radius 3 is 2.09 bits per heavy atom. The van der Waals surface area contributed by atoms with E-state index in [2.05, 4.69) is 16.1 Å². The van der Waals surface area contributed by atoms with Gasteiger partial charge >= 0.3 is 17.9 Å². The molecule has 0 saturated carbocycles. The molecular weight excluding hydrogens is 316 g/mol. The van der Waals surface area contributed by atoms with E-state index in [9.17, 15) is 14.4 Å². The molecule has 0 saturated heterocycles. The zero-order chi connectivity index (χ0) is 17.6. The lowest BCUT2D eigenvalue weighted by molar-refractivity contribution is 0.0492. The normalized spacial score (nSPS) is 11.5. The minimum absolute atomic E-state index is 0.0203. The van der Waals surface area contributed by atoms with Crippen LogP contribution in [0.2, 0.25) is 13.1 Å². The van der Waals surface area contributed by atoms with Gasteiger partial charge in [0.05, 0.1) is 39.7 Å². The summed E-state index contributed by atoms with van der Waals surface area (Å²) in [6.07, 6.45) is 1.58. The van der Waals surface area contributed by atoms with Crippen molar-refractivity contribution >= 4 is 26.7 Å². The molecule has 0 aromatic heterocycles. The zero-order valence-corrected chi connectivity index (χ0v) is 14.5. The van der Waals surface area contributed by atoms with Crippen molar-refractivity contribution < 1.29 is 28.6 Å². The summed E-state index contributed by atoms with van der Waals surface area (Å²) < 4.78 is 14.6. The molecule has 0 heterocycles. The quantitative estimate of drug-likeness (QED) is 0.343. The predicted molar refractivity (Wildman–Crippen MR) is 86.0 cm³/mol. The smallest absolute Gasteiger partial charge is 0.338 e. The van der Waals surface area contributed by atoms with Crippen LogP contribution in [-0.2, 0) is 14.2 Å². The van der Waals surface area contributed by atoms with Crippen LogP contribution in [0.3, 0.4) is 0 Å². The summed E-state index contributed by atoms with van der Waals surface area (Å²) in [7, 11) is 1.48. The summed E-state index contributed by atoms with van der Waals surface area (Å²) in [4.78, 5) is 35.7. The largest absolute Gasteiger partial charge is 0.465 e. The van der Waals surface area contributed by atoms with Gasteiger partial charge < -0.3 is 14.2 Å². The third-order valence-corrected chi connectivity index (χ3v) is 4.57. The number of hydrogen-bond acceptors (Lipinski definition) is 6. The number of benzene rings is 1. The molecule has 1 aromatic rings. The van der Waals surface area contributed by atoms with Crippen LogP contribution in [0.4, 0.5) is 0 Å². The fourth-order valence-electron chi connectivity index (χ4n) is 1.82. The minimum atomic E-state index is -0.909. The average molecular weight is 335 g/mol. The van der Waals surface area contributed by atoms with Gasteiger partial charge in [0.2, 0.25) is 0 Å². The molecule has 23 heavy (non-hydrogen) atoms. The van der Waals surface area contributed by atoms with Gasteiger partial charge in [0.15, 0.2) is 0 Å². The molecule has 0 aliphatic carbocycles. The highest BCUT2D eigenvalue weighted by molar-refractivity contribution is 6.58. The Hall–Kier alpha value is -2.41. The molecule has 1 aromatic carbocycles. The van der Waals surface area contributed by atoms with Crippen LogP contribution in [-0.4, -0.2) is 46.7 Å². The lowest BCUT2D eigenvalue weighted by Crippen LogP contribution is -2.28. The molecule has 0 aliphatic rings. The first-order chi connectivity index (χ1) is 10.8. The van der Waals surface area contributed by atoms with Gasteiger partial charge in [0, 0.05) is 0 Å². The number of esters is 3. The number of hydrogen-bond donors (Lipinski definition) is 0. The summed E-state index contributed by atoms with van der Waals surface area (Å²) in [5, 5.41) is 0. The molecular formula is C16H19O6Si. The summed E-state index contributed by atoms with van der Waals surface area (Å²) in [6.45, 7) is 7.63. The van der Waals surface area contributed by atoms with Crippen molar-refractivity contribution in [2.24, 2.45) is 0 Å². The van der Waals surface area contributed by atoms with Crippen LogP contribution in [0.25, 0.3) is 0 Å². The maximum atomic E-state index is 12.2. The van der Waals surface area contributed by atoms with Crippen LogP contribution in [0.1, 0.15) is 31.1 Å². The lowest BCUT2D eigenvalue weighted by atomic mass is 10.0. The first kappa shape index (κ1) is 18.6. The third-order valence-electron chi connectivity index (χ3n) is 3.08. The Bertz CT molecular complexity index is 623. The highest BCUT2D eigenvalue weighted by atomic mass is 28.3. The molecule has 1 rings (SSSR count). The van der Waals surface area contributed by atoms with Gasteiger partial charge in [0.25, 0.3) is 0 Å². The topological polar surface area (TPSA) is 78.9 Å². The second-order valence-electron chi connectivity index (χ2n) is 4.88. The van der Waals surface area contributed by atoms with E-state index in [0.717, 1.165) is 0 Å². The summed E-state index contributed by atoms with van der Waals surface area (Å²) in [5.74, 6) is -2.03. The second-order valence-corrected chi connectivity index (χ2v) is 7.61. The van der Waals surface area contributed by atoms with E-state index in [-0.39, 0.29) is 22.4 Å². The van der Waals surface area contributed by atoms with Crippen molar-refractivity contribution in [2.75, 3.05) is 14.2 Å². The van der Waals surface area contributed by atoms with Gasteiger partial charge in [-0.15, -0.1) is 0 Å². The Labute approximate surface area is 136 Å². The standard InChI is InChI=1S/C16H19O6Si/c1-6-13(23(4)5)22-14(17)10-7-8-11(15(18)20-2)12(9-10)16(19)21-3/h6-9,13H,1H2,2-5H3. The van der Waals surface area contributed by atoms with E-state index in [1.54, 1.807) is 6.08 Å². The number of ether oxygens (including phenoxy) is 3. The van der Waals surface area contributed by atoms with Gasteiger partial charge in [-0.3, -0.25) is 0 Å². The second kappa shape index (κ2) is 8.28. The van der Waals surface area contributed by atoms with Crippen molar-refractivity contribution in [1.29, 1.82) is 0 Å². The van der Waals surface area contributed by atoms with Crippen LogP contribution in [0.5, 0.6) is 0 Å². The SMILES string of the molecule is C=CC(OC(=O)c1ccc(C(=O)OC)c(C(=O)OC)c1)[Si](C)C. The first-order valence-corrected chi connectivity index (χ1v) is 9.37. The minimum Gasteiger partial charge on any atom is -0.465 e. The van der Waals surface area contributed by atoms with Crippen LogP contribution in [0, 0.1) is 0 Å². The van der Waals surface area contributed by atoms with Crippen LogP contribution >= 0.6 is 0 Å². The van der Waals surface area contributed by atoms with Gasteiger partial charge in [-0.2, -0.15) is 0 Å². The maximum Gasteiger partial charge on any atom is 0.338 e. The van der Waals surface area contributed by atoms with E-state index in [4.69, 9.17) is 4.74 Å². The molecule has 0 aliphatic heterocycles. The molecule has 123 valence electrons. The fraction of sp³-hybridized carbons (Fsp3) is 0.312. The molecule has 1 radical (unpaired) electrons. The molecule has 7 heteroatoms. The van der Waals surface area contributed by atoms with Gasteiger partial charge in [-0.05, 0) is 18.2 Å². The van der Waals surface area contributed by atoms with E-state index in [0.29, 0.717) is 0 Å². The van der Waals surface area contributed by atoms with E-state index < -0.39 is 26.7 Å². The number of carbonyl (C=O) groups is 3. The molecule has 0 bridgehead atoms. The average Bonchev–Trinajstić information content (AvgIpc) is 2.56. The Kier molecular flexibility index (Phi) is 6.71. The monoisotopic (exact) mass is 335 g/mol. The summed E-state index contributed by atoms with van der Waals surface area (Å²) >= 11 is 0.